The van der Waals surface area contributed by atoms with Crippen molar-refractivity contribution in [3.8, 4) is 22.3 Å². The fraction of sp³-hybridized carbons (Fsp3) is 0. The van der Waals surface area contributed by atoms with Crippen LogP contribution >= 0.6 is 11.8 Å². The van der Waals surface area contributed by atoms with E-state index in [-0.39, 0.29) is 15.6 Å². The number of hydrogen-bond donors (Lipinski definition) is 0. The average molecular weight is 759 g/mol. The first-order valence-electron chi connectivity index (χ1n) is 13.6. The smallest absolute Gasteiger partial charge is 0.0901 e. The summed E-state index contributed by atoms with van der Waals surface area (Å²) in [5.74, 6) is 0. The van der Waals surface area contributed by atoms with Gasteiger partial charge >= 0.3 is 34.4 Å². The summed E-state index contributed by atoms with van der Waals surface area (Å²) < 4.78 is 49.6. The molecule has 0 fully saturated rings. The van der Waals surface area contributed by atoms with E-state index in [2.05, 4.69) is 164 Å². The maximum Gasteiger partial charge on any atom is 0.166 e. The maximum absolute atomic E-state index is 9.91. The Morgan fingerprint density at radius 3 is 1.02 bits per heavy atom. The minimum Gasteiger partial charge on any atom is -0.0901 e. The molecule has 0 aromatic heterocycles. The van der Waals surface area contributed by atoms with Crippen molar-refractivity contribution < 1.29 is 18.8 Å². The predicted octanol–water partition coefficient (Wildman–Crippen LogP) is 8.99. The van der Waals surface area contributed by atoms with E-state index >= 15 is 0 Å². The van der Waals surface area contributed by atoms with Crippen LogP contribution < -0.4 is 4.70 Å². The molecule has 0 radical (unpaired) electrons. The van der Waals surface area contributed by atoms with Gasteiger partial charge in [0.05, 0.1) is 10.9 Å². The van der Waals surface area contributed by atoms with Crippen LogP contribution in [0.25, 0.3) is 22.3 Å². The van der Waals surface area contributed by atoms with E-state index in [0.29, 0.717) is 0 Å². The van der Waals surface area contributed by atoms with E-state index in [1.54, 1.807) is 11.8 Å². The van der Waals surface area contributed by atoms with E-state index in [1.807, 2.05) is 0 Å². The first-order chi connectivity index (χ1) is 21.1. The molecule has 0 spiro atoms. The molecule has 230 valence electrons. The molecule has 6 rings (SSSR count). The van der Waals surface area contributed by atoms with Gasteiger partial charge < -0.3 is 4.70 Å². The molecule has 9 heteroatoms. The van der Waals surface area contributed by atoms with Gasteiger partial charge in [0, 0.05) is 9.79 Å². The van der Waals surface area contributed by atoms with Crippen molar-refractivity contribution in [3.05, 3.63) is 164 Å². The Bertz CT molecular complexity index is 1740. The van der Waals surface area contributed by atoms with Crippen molar-refractivity contribution in [3.63, 3.8) is 0 Å². The summed E-state index contributed by atoms with van der Waals surface area (Å²) in [6, 6.07) is 59.0. The van der Waals surface area contributed by atoms with Crippen LogP contribution in [0.4, 0.5) is 14.1 Å². The average Bonchev–Trinajstić information content (AvgIpc) is 3.03. The summed E-state index contributed by atoms with van der Waals surface area (Å²) in [5, 5.41) is 0. The first kappa shape index (κ1) is 34.3. The van der Waals surface area contributed by atoms with Crippen LogP contribution in [-0.2, 0) is 10.9 Å². The summed E-state index contributed by atoms with van der Waals surface area (Å²) >= 11 is -7.38. The van der Waals surface area contributed by atoms with Crippen molar-refractivity contribution >= 4 is 43.0 Å². The second-order valence-electron chi connectivity index (χ2n) is 9.61. The Balaban J connectivity index is 0.000000602. The van der Waals surface area contributed by atoms with Crippen LogP contribution in [0.2, 0.25) is 0 Å². The standard InChI is InChI=1S/C36H27S2.6FH.Sb/c1-4-10-28(11-5-1)30-16-20-32(21-17-30)37-33-22-26-36(27-23-33)38(34-14-8-3-9-15-34)35-24-18-31(19-25-35)29-12-6-2-7-13-29;;;;;;;/h1-27H;6*1H;/q+1;;;;;;;+5/p-6. The molecule has 1 unspecified atom stereocenters. The van der Waals surface area contributed by atoms with Gasteiger partial charge in [-0.3, -0.25) is 0 Å². The molecule has 0 heterocycles. The summed E-state index contributed by atoms with van der Waals surface area (Å²) in [6.45, 7) is 0. The van der Waals surface area contributed by atoms with Crippen LogP contribution in [0.15, 0.2) is 188 Å². The van der Waals surface area contributed by atoms with Crippen LogP contribution in [0.1, 0.15) is 0 Å². The minimum atomic E-state index is -9.19. The molecule has 6 aromatic rings. The number of benzene rings is 6. The molecule has 1 atom stereocenters. The Morgan fingerprint density at radius 1 is 0.356 bits per heavy atom. The Kier molecular flexibility index (Phi) is 11.5. The topological polar surface area (TPSA) is 0 Å². The van der Waals surface area contributed by atoms with E-state index in [4.69, 9.17) is 0 Å². The zero-order chi connectivity index (χ0) is 31.0. The molecular weight excluding hydrogens is 732 g/mol. The minimum absolute atomic E-state index is 0. The second-order valence-corrected chi connectivity index (χ2v) is 16.4. The monoisotopic (exact) mass is 758 g/mol. The van der Waals surface area contributed by atoms with Crippen LogP contribution in [-0.4, -0.2) is 20.3 Å². The second kappa shape index (κ2) is 15.1. The normalized spacial score (nSPS) is 12.4. The molecule has 0 bridgehead atoms. The Hall–Kier alpha value is -3.58. The largest absolute Gasteiger partial charge is 0.166 e. The molecular formula is C36H27F6S2Sb. The fourth-order valence-electron chi connectivity index (χ4n) is 4.50. The molecule has 0 aliphatic rings. The van der Waals surface area contributed by atoms with E-state index in [1.165, 1.54) is 46.7 Å². The molecule has 0 nitrogen and oxygen atoms in total. The van der Waals surface area contributed by atoms with Crippen molar-refractivity contribution in [2.24, 2.45) is 0 Å². The van der Waals surface area contributed by atoms with Gasteiger partial charge in [0.1, 0.15) is 0 Å². The van der Waals surface area contributed by atoms with Crippen LogP contribution in [0.3, 0.4) is 0 Å². The number of hydrogen-bond acceptors (Lipinski definition) is 1. The molecule has 0 saturated heterocycles. The van der Waals surface area contributed by atoms with Crippen molar-refractivity contribution in [1.29, 1.82) is 0 Å². The zero-order valence-electron chi connectivity index (χ0n) is 23.6. The Morgan fingerprint density at radius 2 is 0.622 bits per heavy atom. The van der Waals surface area contributed by atoms with Crippen LogP contribution in [0, 0.1) is 0 Å². The number of rotatable bonds is 7. The van der Waals surface area contributed by atoms with E-state index < -0.39 is 20.3 Å². The van der Waals surface area contributed by atoms with Gasteiger partial charge in [-0.25, -0.2) is 0 Å². The quantitative estimate of drug-likeness (QED) is 0.0891. The molecule has 0 saturated carbocycles. The molecule has 0 amide bonds. The van der Waals surface area contributed by atoms with Gasteiger partial charge in [0.2, 0.25) is 0 Å². The van der Waals surface area contributed by atoms with Crippen molar-refractivity contribution in [2.75, 3.05) is 0 Å². The summed E-state index contributed by atoms with van der Waals surface area (Å²) in [5.41, 5.74) is 4.99. The fourth-order valence-corrected chi connectivity index (χ4v) is 7.38. The third-order valence-corrected chi connectivity index (χ3v) is 9.68. The van der Waals surface area contributed by atoms with Gasteiger partial charge in [-0.15, -0.1) is 0 Å². The third kappa shape index (κ3) is 10.8. The Labute approximate surface area is 270 Å². The molecule has 0 aliphatic carbocycles. The summed E-state index contributed by atoms with van der Waals surface area (Å²) in [6.07, 6.45) is 0. The SMILES string of the molecule is [F-].[F][Sb]([F])([F])([F])[F].c1ccc(-c2ccc(Sc3ccc([S+](c4ccccc4)c4ccc(-c5ccccc5)cc4)cc3)cc2)cc1. The first-order valence-corrected chi connectivity index (χ1v) is 20.4. The van der Waals surface area contributed by atoms with Gasteiger partial charge in [-0.1, -0.05) is 103 Å². The molecule has 0 aliphatic heterocycles. The summed E-state index contributed by atoms with van der Waals surface area (Å²) in [4.78, 5) is 6.48. The predicted molar refractivity (Wildman–Crippen MR) is 174 cm³/mol. The van der Waals surface area contributed by atoms with Crippen molar-refractivity contribution in [2.45, 2.75) is 24.5 Å². The number of halogens is 6. The molecule has 0 N–H and O–H groups in total. The van der Waals surface area contributed by atoms with Gasteiger partial charge in [0.25, 0.3) is 0 Å². The van der Waals surface area contributed by atoms with Gasteiger partial charge in [0.15, 0.2) is 14.7 Å². The van der Waals surface area contributed by atoms with Crippen LogP contribution in [0.5, 0.6) is 0 Å². The van der Waals surface area contributed by atoms with Gasteiger partial charge in [-0.2, -0.15) is 0 Å². The molecule has 45 heavy (non-hydrogen) atoms. The maximum atomic E-state index is 9.91. The van der Waals surface area contributed by atoms with Gasteiger partial charge in [-0.05, 0) is 95.1 Å². The van der Waals surface area contributed by atoms with E-state index in [9.17, 15) is 14.1 Å². The zero-order valence-corrected chi connectivity index (χ0v) is 27.8. The molecule has 6 aromatic carbocycles. The van der Waals surface area contributed by atoms with E-state index in [0.717, 1.165) is 0 Å². The van der Waals surface area contributed by atoms with Crippen molar-refractivity contribution in [1.82, 2.24) is 0 Å². The third-order valence-electron chi connectivity index (χ3n) is 6.43. The summed E-state index contributed by atoms with van der Waals surface area (Å²) in [7, 11) is -0.168.